The van der Waals surface area contributed by atoms with Crippen molar-refractivity contribution < 1.29 is 23.1 Å². The molecule has 1 aromatic heterocycles. The van der Waals surface area contributed by atoms with Crippen molar-refractivity contribution in [2.75, 3.05) is 13.7 Å². The third-order valence-electron chi connectivity index (χ3n) is 2.66. The summed E-state index contributed by atoms with van der Waals surface area (Å²) >= 11 is 0. The first kappa shape index (κ1) is 16.6. The molecule has 0 radical (unpaired) electrons. The van der Waals surface area contributed by atoms with Gasteiger partial charge in [0.25, 0.3) is 10.0 Å². The number of rotatable bonds is 7. The van der Waals surface area contributed by atoms with Gasteiger partial charge in [-0.1, -0.05) is 6.92 Å². The quantitative estimate of drug-likeness (QED) is 0.652. The number of imidazole rings is 1. The fourth-order valence-corrected chi connectivity index (χ4v) is 2.81. The fourth-order valence-electron chi connectivity index (χ4n) is 1.63. The van der Waals surface area contributed by atoms with Gasteiger partial charge in [0.2, 0.25) is 0 Å². The van der Waals surface area contributed by atoms with Crippen LogP contribution >= 0.6 is 0 Å². The van der Waals surface area contributed by atoms with Crippen LogP contribution in [0, 0.1) is 6.92 Å². The number of aliphatic hydroxyl groups is 1. The van der Waals surface area contributed by atoms with Gasteiger partial charge in [0.15, 0.2) is 5.03 Å². The standard InChI is InChI=1S/C11H19N3O5S/c1-4-5-14-6-10(12-8(14)2)20(17,18)13-9(7-15)11(16)19-3/h6,9,13,15H,4-5,7H2,1-3H3. The second-order valence-corrected chi connectivity index (χ2v) is 5.86. The topological polar surface area (TPSA) is 111 Å². The SMILES string of the molecule is CCCn1cc(S(=O)(=O)NC(CO)C(=O)OC)nc1C. The van der Waals surface area contributed by atoms with E-state index in [2.05, 4.69) is 14.4 Å². The Balaban J connectivity index is 2.98. The molecule has 0 aliphatic carbocycles. The van der Waals surface area contributed by atoms with E-state index in [9.17, 15) is 13.2 Å². The minimum atomic E-state index is -3.99. The molecule has 2 N–H and O–H groups in total. The molecule has 0 amide bonds. The Morgan fingerprint density at radius 1 is 1.60 bits per heavy atom. The second kappa shape index (κ2) is 6.82. The summed E-state index contributed by atoms with van der Waals surface area (Å²) in [6.45, 7) is 3.61. The molecule has 8 nitrogen and oxygen atoms in total. The van der Waals surface area contributed by atoms with Gasteiger partial charge in [-0.3, -0.25) is 4.79 Å². The first-order chi connectivity index (χ1) is 9.35. The van der Waals surface area contributed by atoms with Gasteiger partial charge in [-0.2, -0.15) is 4.72 Å². The van der Waals surface area contributed by atoms with Gasteiger partial charge in [0, 0.05) is 12.7 Å². The first-order valence-electron chi connectivity index (χ1n) is 6.10. The molecule has 1 atom stereocenters. The molecule has 0 saturated heterocycles. The van der Waals surface area contributed by atoms with E-state index in [-0.39, 0.29) is 5.03 Å². The van der Waals surface area contributed by atoms with Crippen molar-refractivity contribution in [2.24, 2.45) is 0 Å². The minimum Gasteiger partial charge on any atom is -0.468 e. The molecule has 0 fully saturated rings. The molecule has 0 bridgehead atoms. The summed E-state index contributed by atoms with van der Waals surface area (Å²) in [5.74, 6) is -0.299. The number of nitrogens with zero attached hydrogens (tertiary/aromatic N) is 2. The van der Waals surface area contributed by atoms with Gasteiger partial charge < -0.3 is 14.4 Å². The first-order valence-corrected chi connectivity index (χ1v) is 7.58. The molecule has 114 valence electrons. The van der Waals surface area contributed by atoms with Gasteiger partial charge in [-0.05, 0) is 13.3 Å². The van der Waals surface area contributed by atoms with Crippen LogP contribution in [-0.2, 0) is 26.1 Å². The molecule has 9 heteroatoms. The molecule has 0 saturated carbocycles. The van der Waals surface area contributed by atoms with Crippen LogP contribution in [0.5, 0.6) is 0 Å². The highest BCUT2D eigenvalue weighted by molar-refractivity contribution is 7.89. The minimum absolute atomic E-state index is 0.189. The summed E-state index contributed by atoms with van der Waals surface area (Å²) in [6.07, 6.45) is 2.23. The van der Waals surface area contributed by atoms with Gasteiger partial charge in [0.05, 0.1) is 13.7 Å². The van der Waals surface area contributed by atoms with E-state index in [0.29, 0.717) is 12.4 Å². The van der Waals surface area contributed by atoms with Crippen LogP contribution in [0.15, 0.2) is 11.2 Å². The number of carbonyl (C=O) groups is 1. The van der Waals surface area contributed by atoms with E-state index < -0.39 is 28.6 Å². The molecule has 0 aliphatic rings. The monoisotopic (exact) mass is 305 g/mol. The summed E-state index contributed by atoms with van der Waals surface area (Å²) in [7, 11) is -2.88. The Hall–Kier alpha value is -1.45. The lowest BCUT2D eigenvalue weighted by Gasteiger charge is -2.12. The summed E-state index contributed by atoms with van der Waals surface area (Å²) in [5, 5.41) is 8.84. The van der Waals surface area contributed by atoms with Gasteiger partial charge in [-0.25, -0.2) is 13.4 Å². The molecule has 0 aromatic carbocycles. The van der Waals surface area contributed by atoms with Crippen molar-refractivity contribution in [1.29, 1.82) is 0 Å². The molecular weight excluding hydrogens is 286 g/mol. The number of carbonyl (C=O) groups excluding carboxylic acids is 1. The number of aromatic nitrogens is 2. The Morgan fingerprint density at radius 3 is 2.75 bits per heavy atom. The summed E-state index contributed by atoms with van der Waals surface area (Å²) in [6, 6.07) is -1.35. The Kier molecular flexibility index (Phi) is 5.66. The van der Waals surface area contributed by atoms with E-state index in [1.807, 2.05) is 6.92 Å². The van der Waals surface area contributed by atoms with Crippen molar-refractivity contribution in [2.45, 2.75) is 37.9 Å². The summed E-state index contributed by atoms with van der Waals surface area (Å²) in [5.41, 5.74) is 0. The maximum absolute atomic E-state index is 12.1. The molecule has 0 spiro atoms. The van der Waals surface area contributed by atoms with Crippen LogP contribution in [0.4, 0.5) is 0 Å². The number of aryl methyl sites for hydroxylation is 2. The maximum Gasteiger partial charge on any atom is 0.326 e. The van der Waals surface area contributed by atoms with Crippen LogP contribution in [0.25, 0.3) is 0 Å². The van der Waals surface area contributed by atoms with Crippen molar-refractivity contribution in [3.8, 4) is 0 Å². The number of sulfonamides is 1. The average Bonchev–Trinajstić information content (AvgIpc) is 2.78. The van der Waals surface area contributed by atoms with Crippen LogP contribution < -0.4 is 4.72 Å². The third kappa shape index (κ3) is 3.78. The van der Waals surface area contributed by atoms with Crippen molar-refractivity contribution >= 4 is 16.0 Å². The maximum atomic E-state index is 12.1. The van der Waals surface area contributed by atoms with Crippen LogP contribution in [0.3, 0.4) is 0 Å². The van der Waals surface area contributed by atoms with Crippen LogP contribution in [0.2, 0.25) is 0 Å². The zero-order valence-electron chi connectivity index (χ0n) is 11.7. The normalized spacial score (nSPS) is 13.2. The number of aliphatic hydroxyl groups excluding tert-OH is 1. The second-order valence-electron chi connectivity index (χ2n) is 4.20. The van der Waals surface area contributed by atoms with E-state index in [0.717, 1.165) is 13.5 Å². The van der Waals surface area contributed by atoms with Gasteiger partial charge in [0.1, 0.15) is 11.9 Å². The summed E-state index contributed by atoms with van der Waals surface area (Å²) < 4.78 is 32.3. The molecule has 0 aliphatic heterocycles. The number of esters is 1. The zero-order valence-corrected chi connectivity index (χ0v) is 12.5. The van der Waals surface area contributed by atoms with Crippen LogP contribution in [0.1, 0.15) is 19.2 Å². The van der Waals surface area contributed by atoms with Crippen molar-refractivity contribution in [3.63, 3.8) is 0 Å². The highest BCUT2D eigenvalue weighted by Crippen LogP contribution is 2.10. The van der Waals surface area contributed by atoms with Crippen LogP contribution in [-0.4, -0.2) is 48.8 Å². The number of methoxy groups -OCH3 is 1. The van der Waals surface area contributed by atoms with Crippen molar-refractivity contribution in [1.82, 2.24) is 14.3 Å². The smallest absolute Gasteiger partial charge is 0.326 e. The Labute approximate surface area is 117 Å². The molecular formula is C11H19N3O5S. The Morgan fingerprint density at radius 2 is 2.25 bits per heavy atom. The number of hydrogen-bond acceptors (Lipinski definition) is 6. The number of hydrogen-bond donors (Lipinski definition) is 2. The zero-order chi connectivity index (χ0) is 15.3. The van der Waals surface area contributed by atoms with E-state index in [1.54, 1.807) is 11.5 Å². The largest absolute Gasteiger partial charge is 0.468 e. The van der Waals surface area contributed by atoms with E-state index >= 15 is 0 Å². The molecule has 1 heterocycles. The molecule has 1 unspecified atom stereocenters. The number of nitrogens with one attached hydrogen (secondary N) is 1. The molecule has 1 rings (SSSR count). The van der Waals surface area contributed by atoms with E-state index in [4.69, 9.17) is 5.11 Å². The third-order valence-corrected chi connectivity index (χ3v) is 4.00. The lowest BCUT2D eigenvalue weighted by Crippen LogP contribution is -2.44. The van der Waals surface area contributed by atoms with E-state index in [1.165, 1.54) is 6.20 Å². The predicted molar refractivity (Wildman–Crippen MR) is 70.5 cm³/mol. The molecule has 20 heavy (non-hydrogen) atoms. The van der Waals surface area contributed by atoms with Gasteiger partial charge in [-0.15, -0.1) is 0 Å². The predicted octanol–water partition coefficient (Wildman–Crippen LogP) is -0.586. The van der Waals surface area contributed by atoms with Gasteiger partial charge >= 0.3 is 5.97 Å². The highest BCUT2D eigenvalue weighted by atomic mass is 32.2. The molecule has 1 aromatic rings. The highest BCUT2D eigenvalue weighted by Gasteiger charge is 2.27. The lowest BCUT2D eigenvalue weighted by atomic mass is 10.3. The average molecular weight is 305 g/mol. The fraction of sp³-hybridized carbons (Fsp3) is 0.636. The van der Waals surface area contributed by atoms with Crippen molar-refractivity contribution in [3.05, 3.63) is 12.0 Å². The lowest BCUT2D eigenvalue weighted by molar-refractivity contribution is -0.143. The number of ether oxygens (including phenoxy) is 1. The summed E-state index contributed by atoms with van der Waals surface area (Å²) in [4.78, 5) is 15.2. The Bertz CT molecular complexity index is 567.